The van der Waals surface area contributed by atoms with Gasteiger partial charge in [0, 0.05) is 0 Å². The topological polar surface area (TPSA) is 57.2 Å². The van der Waals surface area contributed by atoms with Gasteiger partial charge in [-0.05, 0) is 25.0 Å². The molecule has 4 nitrogen and oxygen atoms in total. The summed E-state index contributed by atoms with van der Waals surface area (Å²) in [6, 6.07) is 0. The van der Waals surface area contributed by atoms with Crippen molar-refractivity contribution >= 4 is 10.1 Å². The summed E-state index contributed by atoms with van der Waals surface area (Å²) in [6.45, 7) is 4.71. The molecule has 1 unspecified atom stereocenters. The van der Waals surface area contributed by atoms with Gasteiger partial charge in [-0.3, -0.25) is 4.48 Å². The number of quaternary nitrogens is 1. The standard InChI is InChI=1S/C11H20N.CHF3O3S/c1-3-4-6-9-12(2)10-7-5-8-11-12;2-1(3,4)8(5,6)7/h5,7-8,10H,3-4,6,9,11H2,1-2H3;(H,5,6,7)/q+1;/p-1. The lowest BCUT2D eigenvalue weighted by molar-refractivity contribution is -0.854. The average molecular weight is 315 g/mol. The summed E-state index contributed by atoms with van der Waals surface area (Å²) in [5.74, 6) is 0. The Balaban J connectivity index is 0.000000396. The fourth-order valence-electron chi connectivity index (χ4n) is 1.59. The molecule has 0 amide bonds. The number of alkyl halides is 3. The number of unbranched alkanes of at least 4 members (excludes halogenated alkanes) is 2. The highest BCUT2D eigenvalue weighted by Crippen LogP contribution is 2.20. The summed E-state index contributed by atoms with van der Waals surface area (Å²) in [5, 5.41) is 0. The second kappa shape index (κ2) is 7.80. The minimum absolute atomic E-state index is 1.09. The molecule has 0 radical (unpaired) electrons. The van der Waals surface area contributed by atoms with Gasteiger partial charge in [-0.15, -0.1) is 0 Å². The van der Waals surface area contributed by atoms with E-state index < -0.39 is 15.6 Å². The number of allylic oxidation sites excluding steroid dienone is 2. The molecule has 0 bridgehead atoms. The van der Waals surface area contributed by atoms with Gasteiger partial charge in [-0.1, -0.05) is 19.4 Å². The molecule has 20 heavy (non-hydrogen) atoms. The zero-order valence-corrected chi connectivity index (χ0v) is 12.4. The predicted molar refractivity (Wildman–Crippen MR) is 69.5 cm³/mol. The maximum atomic E-state index is 10.7. The quantitative estimate of drug-likeness (QED) is 0.347. The van der Waals surface area contributed by atoms with E-state index >= 15 is 0 Å². The Morgan fingerprint density at radius 1 is 1.25 bits per heavy atom. The van der Waals surface area contributed by atoms with Crippen molar-refractivity contribution in [2.75, 3.05) is 20.1 Å². The number of likely N-dealkylation sites (N-methyl/N-ethyl adjacent to an activating group) is 1. The van der Waals surface area contributed by atoms with Crippen LogP contribution in [0.5, 0.6) is 0 Å². The van der Waals surface area contributed by atoms with Crippen LogP contribution >= 0.6 is 0 Å². The molecule has 8 heteroatoms. The van der Waals surface area contributed by atoms with Gasteiger partial charge in [0.05, 0.1) is 19.8 Å². The number of hydrogen-bond donors (Lipinski definition) is 0. The van der Waals surface area contributed by atoms with Crippen LogP contribution in [-0.2, 0) is 10.1 Å². The van der Waals surface area contributed by atoms with Crippen LogP contribution in [0.25, 0.3) is 0 Å². The smallest absolute Gasteiger partial charge is 0.485 e. The van der Waals surface area contributed by atoms with Gasteiger partial charge in [-0.2, -0.15) is 13.2 Å². The highest BCUT2D eigenvalue weighted by atomic mass is 32.2. The van der Waals surface area contributed by atoms with Crippen LogP contribution in [0.4, 0.5) is 13.2 Å². The van der Waals surface area contributed by atoms with Gasteiger partial charge >= 0.3 is 5.51 Å². The normalized spacial score (nSPS) is 22.3. The molecule has 1 heterocycles. The Labute approximate surface area is 117 Å². The first-order valence-electron chi connectivity index (χ1n) is 6.22. The summed E-state index contributed by atoms with van der Waals surface area (Å²) in [6.07, 6.45) is 12.9. The van der Waals surface area contributed by atoms with Gasteiger partial charge in [0.1, 0.15) is 6.54 Å². The van der Waals surface area contributed by atoms with Crippen LogP contribution in [0.15, 0.2) is 24.4 Å². The van der Waals surface area contributed by atoms with Crippen LogP contribution in [-0.4, -0.2) is 43.1 Å². The summed E-state index contributed by atoms with van der Waals surface area (Å²) in [4.78, 5) is 0. The Kier molecular flexibility index (Phi) is 7.46. The third kappa shape index (κ3) is 7.66. The molecule has 0 spiro atoms. The first-order chi connectivity index (χ1) is 9.02. The van der Waals surface area contributed by atoms with Gasteiger partial charge in [0.15, 0.2) is 10.1 Å². The van der Waals surface area contributed by atoms with E-state index in [1.165, 1.54) is 32.4 Å². The van der Waals surface area contributed by atoms with Crippen molar-refractivity contribution in [1.82, 2.24) is 0 Å². The van der Waals surface area contributed by atoms with E-state index in [-0.39, 0.29) is 0 Å². The lowest BCUT2D eigenvalue weighted by Crippen LogP contribution is -2.40. The van der Waals surface area contributed by atoms with E-state index in [1.54, 1.807) is 0 Å². The molecule has 0 N–H and O–H groups in total. The Bertz CT molecular complexity index is 443. The summed E-state index contributed by atoms with van der Waals surface area (Å²) in [5.41, 5.74) is -5.65. The lowest BCUT2D eigenvalue weighted by Gasteiger charge is -2.30. The zero-order chi connectivity index (χ0) is 15.9. The summed E-state index contributed by atoms with van der Waals surface area (Å²) in [7, 11) is -3.79. The molecule has 0 saturated carbocycles. The third-order valence-electron chi connectivity index (χ3n) is 2.77. The molecule has 1 rings (SSSR count). The number of hydrogen-bond acceptors (Lipinski definition) is 3. The molecule has 1 atom stereocenters. The van der Waals surface area contributed by atoms with E-state index in [4.69, 9.17) is 13.0 Å². The maximum absolute atomic E-state index is 10.7. The predicted octanol–water partition coefficient (Wildman–Crippen LogP) is 2.76. The third-order valence-corrected chi connectivity index (χ3v) is 3.34. The second-order valence-corrected chi connectivity index (χ2v) is 6.13. The van der Waals surface area contributed by atoms with Crippen LogP contribution in [0.1, 0.15) is 26.2 Å². The fraction of sp³-hybridized carbons (Fsp3) is 0.667. The molecular formula is C12H20F3NO3S. The Morgan fingerprint density at radius 3 is 2.15 bits per heavy atom. The molecule has 118 valence electrons. The van der Waals surface area contributed by atoms with Crippen molar-refractivity contribution in [3.63, 3.8) is 0 Å². The van der Waals surface area contributed by atoms with Gasteiger partial charge in [-0.25, -0.2) is 8.42 Å². The molecule has 1 aliphatic rings. The highest BCUT2D eigenvalue weighted by molar-refractivity contribution is 7.86. The fourth-order valence-corrected chi connectivity index (χ4v) is 1.59. The van der Waals surface area contributed by atoms with Gasteiger partial charge in [0.2, 0.25) is 0 Å². The van der Waals surface area contributed by atoms with Gasteiger partial charge < -0.3 is 4.55 Å². The SMILES string of the molecule is CCCCC[N+]1(C)C=CC=CC1.O=S(=O)([O-])C(F)(F)F. The average Bonchev–Trinajstić information content (AvgIpc) is 2.28. The number of rotatable bonds is 4. The van der Waals surface area contributed by atoms with E-state index in [0.717, 1.165) is 4.48 Å². The molecule has 0 aromatic rings. The van der Waals surface area contributed by atoms with Crippen LogP contribution in [0.3, 0.4) is 0 Å². The van der Waals surface area contributed by atoms with E-state index in [9.17, 15) is 13.2 Å². The molecular weight excluding hydrogens is 295 g/mol. The van der Waals surface area contributed by atoms with Crippen LogP contribution in [0, 0.1) is 0 Å². The van der Waals surface area contributed by atoms with Crippen molar-refractivity contribution in [2.24, 2.45) is 0 Å². The largest absolute Gasteiger partial charge is 0.741 e. The zero-order valence-electron chi connectivity index (χ0n) is 11.6. The molecule has 0 saturated heterocycles. The first kappa shape index (κ1) is 19.1. The minimum Gasteiger partial charge on any atom is -0.741 e. The van der Waals surface area contributed by atoms with Crippen molar-refractivity contribution in [2.45, 2.75) is 31.7 Å². The lowest BCUT2D eigenvalue weighted by atomic mass is 10.2. The molecule has 0 fully saturated rings. The van der Waals surface area contributed by atoms with Crippen molar-refractivity contribution < 1.29 is 30.6 Å². The highest BCUT2D eigenvalue weighted by Gasteiger charge is 2.36. The van der Waals surface area contributed by atoms with Crippen molar-refractivity contribution in [3.05, 3.63) is 24.4 Å². The van der Waals surface area contributed by atoms with Crippen LogP contribution < -0.4 is 0 Å². The first-order valence-corrected chi connectivity index (χ1v) is 7.63. The second-order valence-electron chi connectivity index (χ2n) is 4.76. The van der Waals surface area contributed by atoms with Crippen molar-refractivity contribution in [1.29, 1.82) is 0 Å². The van der Waals surface area contributed by atoms with E-state index in [2.05, 4.69) is 38.4 Å². The van der Waals surface area contributed by atoms with Crippen molar-refractivity contribution in [3.8, 4) is 0 Å². The number of nitrogens with zero attached hydrogens (tertiary/aromatic N) is 1. The molecule has 1 aliphatic heterocycles. The minimum atomic E-state index is -6.09. The Hall–Kier alpha value is -0.860. The number of halogens is 3. The van der Waals surface area contributed by atoms with Crippen LogP contribution in [0.2, 0.25) is 0 Å². The van der Waals surface area contributed by atoms with Gasteiger partial charge in [0.25, 0.3) is 0 Å². The molecule has 0 aromatic carbocycles. The maximum Gasteiger partial charge on any atom is 0.485 e. The van der Waals surface area contributed by atoms with E-state index in [1.807, 2.05) is 0 Å². The summed E-state index contributed by atoms with van der Waals surface area (Å²) >= 11 is 0. The monoisotopic (exact) mass is 315 g/mol. The Morgan fingerprint density at radius 2 is 1.80 bits per heavy atom. The molecule has 0 aliphatic carbocycles. The molecule has 0 aromatic heterocycles. The van der Waals surface area contributed by atoms with E-state index in [0.29, 0.717) is 0 Å². The summed E-state index contributed by atoms with van der Waals surface area (Å²) < 4.78 is 60.0.